The summed E-state index contributed by atoms with van der Waals surface area (Å²) < 4.78 is 0. The molecule has 2 heterocycles. The van der Waals surface area contributed by atoms with Gasteiger partial charge in [0.25, 0.3) is 0 Å². The molecule has 0 radical (unpaired) electrons. The molecule has 2 amide bonds. The van der Waals surface area contributed by atoms with E-state index in [0.717, 1.165) is 18.5 Å². The number of rotatable bonds is 12. The van der Waals surface area contributed by atoms with Crippen LogP contribution in [0.2, 0.25) is 0 Å². The molecule has 4 atom stereocenters. The lowest BCUT2D eigenvalue weighted by Gasteiger charge is -2.25. The summed E-state index contributed by atoms with van der Waals surface area (Å²) in [4.78, 5) is 52.6. The molecule has 0 saturated carbocycles. The number of nitrogens with two attached hydrogens (primary N) is 1. The van der Waals surface area contributed by atoms with Gasteiger partial charge in [-0.05, 0) is 50.4 Å². The van der Waals surface area contributed by atoms with Crippen molar-refractivity contribution in [2.24, 2.45) is 11.7 Å². The third kappa shape index (κ3) is 7.57. The SMILES string of the molecule is CN1CCC(CNC(=O)CCC(N)C(=O)NC(CCC(=O)O)C(=O)O)C1c1cccnc1. The van der Waals surface area contributed by atoms with Crippen molar-refractivity contribution in [3.05, 3.63) is 30.1 Å². The Kier molecular flexibility index (Phi) is 9.54. The summed E-state index contributed by atoms with van der Waals surface area (Å²) in [6, 6.07) is 1.65. The molecule has 1 aliphatic heterocycles. The number of nitrogens with one attached hydrogen (secondary N) is 2. The molecular formula is C21H31N5O6. The van der Waals surface area contributed by atoms with E-state index in [1.54, 1.807) is 6.20 Å². The summed E-state index contributed by atoms with van der Waals surface area (Å²) >= 11 is 0. The van der Waals surface area contributed by atoms with Gasteiger partial charge >= 0.3 is 11.9 Å². The zero-order chi connectivity index (χ0) is 23.7. The van der Waals surface area contributed by atoms with E-state index < -0.39 is 36.4 Å². The number of carbonyl (C=O) groups is 4. The van der Waals surface area contributed by atoms with Crippen molar-refractivity contribution in [2.45, 2.75) is 50.2 Å². The summed E-state index contributed by atoms with van der Waals surface area (Å²) in [5, 5.41) is 22.9. The van der Waals surface area contributed by atoms with Crippen LogP contribution >= 0.6 is 0 Å². The van der Waals surface area contributed by atoms with Crippen LogP contribution < -0.4 is 16.4 Å². The summed E-state index contributed by atoms with van der Waals surface area (Å²) in [6.07, 6.45) is 3.90. The number of nitrogens with zero attached hydrogens (tertiary/aromatic N) is 2. The smallest absolute Gasteiger partial charge is 0.326 e. The zero-order valence-electron chi connectivity index (χ0n) is 18.1. The number of carbonyl (C=O) groups excluding carboxylic acids is 2. The Morgan fingerprint density at radius 2 is 2.00 bits per heavy atom. The Labute approximate surface area is 186 Å². The highest BCUT2D eigenvalue weighted by atomic mass is 16.4. The first kappa shape index (κ1) is 25.2. The second kappa shape index (κ2) is 12.1. The summed E-state index contributed by atoms with van der Waals surface area (Å²) in [6.45, 7) is 1.40. The van der Waals surface area contributed by atoms with Gasteiger partial charge in [0, 0.05) is 37.8 Å². The number of amides is 2. The number of likely N-dealkylation sites (tertiary alicyclic amines) is 1. The number of pyridine rings is 1. The molecule has 0 aliphatic carbocycles. The van der Waals surface area contributed by atoms with Crippen LogP contribution in [0.3, 0.4) is 0 Å². The van der Waals surface area contributed by atoms with Gasteiger partial charge in [-0.25, -0.2) is 4.79 Å². The lowest BCUT2D eigenvalue weighted by molar-refractivity contribution is -0.143. The van der Waals surface area contributed by atoms with E-state index in [0.29, 0.717) is 6.54 Å². The van der Waals surface area contributed by atoms with E-state index in [2.05, 4.69) is 20.5 Å². The van der Waals surface area contributed by atoms with Crippen molar-refractivity contribution in [2.75, 3.05) is 20.1 Å². The Hall–Kier alpha value is -3.05. The summed E-state index contributed by atoms with van der Waals surface area (Å²) in [5.74, 6) is -3.24. The van der Waals surface area contributed by atoms with Gasteiger partial charge < -0.3 is 26.6 Å². The summed E-state index contributed by atoms with van der Waals surface area (Å²) in [7, 11) is 2.04. The highest BCUT2D eigenvalue weighted by Crippen LogP contribution is 2.35. The summed E-state index contributed by atoms with van der Waals surface area (Å²) in [5.41, 5.74) is 6.89. The zero-order valence-corrected chi connectivity index (χ0v) is 18.1. The average Bonchev–Trinajstić information content (AvgIpc) is 3.13. The van der Waals surface area contributed by atoms with Crippen molar-refractivity contribution < 1.29 is 29.4 Å². The predicted molar refractivity (Wildman–Crippen MR) is 114 cm³/mol. The molecule has 11 nitrogen and oxygen atoms in total. The number of aliphatic carboxylic acids is 2. The number of hydrogen-bond donors (Lipinski definition) is 5. The number of hydrogen-bond acceptors (Lipinski definition) is 7. The minimum Gasteiger partial charge on any atom is -0.481 e. The lowest BCUT2D eigenvalue weighted by atomic mass is 9.94. The largest absolute Gasteiger partial charge is 0.481 e. The molecule has 6 N–H and O–H groups in total. The number of carboxylic acid groups (broad SMARTS) is 2. The third-order valence-electron chi connectivity index (χ3n) is 5.64. The molecule has 1 saturated heterocycles. The van der Waals surface area contributed by atoms with Crippen molar-refractivity contribution in [3.8, 4) is 0 Å². The van der Waals surface area contributed by atoms with Crippen LogP contribution in [0.4, 0.5) is 0 Å². The van der Waals surface area contributed by atoms with Crippen LogP contribution in [0.1, 0.15) is 43.7 Å². The highest BCUT2D eigenvalue weighted by Gasteiger charge is 2.33. The fraction of sp³-hybridized carbons (Fsp3) is 0.571. The maximum Gasteiger partial charge on any atom is 0.326 e. The van der Waals surface area contributed by atoms with Gasteiger partial charge in [-0.3, -0.25) is 24.3 Å². The first-order valence-electron chi connectivity index (χ1n) is 10.6. The van der Waals surface area contributed by atoms with Gasteiger partial charge in [0.1, 0.15) is 6.04 Å². The molecule has 1 aromatic heterocycles. The molecule has 2 rings (SSSR count). The first-order chi connectivity index (χ1) is 15.2. The third-order valence-corrected chi connectivity index (χ3v) is 5.64. The molecule has 0 aromatic carbocycles. The average molecular weight is 450 g/mol. The molecule has 0 spiro atoms. The molecule has 1 aliphatic rings. The molecule has 176 valence electrons. The minimum absolute atomic E-state index is 0.0154. The van der Waals surface area contributed by atoms with Crippen LogP contribution in [0.15, 0.2) is 24.5 Å². The highest BCUT2D eigenvalue weighted by molar-refractivity contribution is 5.87. The lowest BCUT2D eigenvalue weighted by Crippen LogP contribution is -2.48. The number of carboxylic acids is 2. The van der Waals surface area contributed by atoms with Crippen LogP contribution in [0.5, 0.6) is 0 Å². The van der Waals surface area contributed by atoms with E-state index in [9.17, 15) is 19.2 Å². The van der Waals surface area contributed by atoms with Crippen molar-refractivity contribution in [3.63, 3.8) is 0 Å². The van der Waals surface area contributed by atoms with Crippen molar-refractivity contribution in [1.82, 2.24) is 20.5 Å². The molecule has 1 aromatic rings. The maximum atomic E-state index is 12.3. The minimum atomic E-state index is -1.35. The van der Waals surface area contributed by atoms with Crippen LogP contribution in [-0.4, -0.2) is 76.1 Å². The fourth-order valence-corrected chi connectivity index (χ4v) is 3.87. The maximum absolute atomic E-state index is 12.3. The second-order valence-electron chi connectivity index (χ2n) is 8.04. The van der Waals surface area contributed by atoms with Crippen LogP contribution in [0, 0.1) is 5.92 Å². The number of aromatic nitrogens is 1. The molecule has 4 unspecified atom stereocenters. The van der Waals surface area contributed by atoms with E-state index in [-0.39, 0.29) is 37.1 Å². The van der Waals surface area contributed by atoms with E-state index in [1.807, 2.05) is 25.4 Å². The van der Waals surface area contributed by atoms with Crippen molar-refractivity contribution in [1.29, 1.82) is 0 Å². The Morgan fingerprint density at radius 3 is 2.62 bits per heavy atom. The Bertz CT molecular complexity index is 805. The van der Waals surface area contributed by atoms with Crippen LogP contribution in [-0.2, 0) is 19.2 Å². The van der Waals surface area contributed by atoms with Gasteiger partial charge in [-0.15, -0.1) is 0 Å². The first-order valence-corrected chi connectivity index (χ1v) is 10.6. The molecule has 1 fully saturated rings. The topological polar surface area (TPSA) is 175 Å². The Balaban J connectivity index is 1.77. The predicted octanol–water partition coefficient (Wildman–Crippen LogP) is -0.268. The Morgan fingerprint density at radius 1 is 1.25 bits per heavy atom. The second-order valence-corrected chi connectivity index (χ2v) is 8.04. The van der Waals surface area contributed by atoms with Gasteiger partial charge in [0.05, 0.1) is 6.04 Å². The monoisotopic (exact) mass is 449 g/mol. The van der Waals surface area contributed by atoms with Gasteiger partial charge in [0.15, 0.2) is 0 Å². The van der Waals surface area contributed by atoms with Gasteiger partial charge in [0.2, 0.25) is 11.8 Å². The molecule has 11 heteroatoms. The van der Waals surface area contributed by atoms with E-state index >= 15 is 0 Å². The molecule has 0 bridgehead atoms. The quantitative estimate of drug-likeness (QED) is 0.288. The van der Waals surface area contributed by atoms with Gasteiger partial charge in [-0.2, -0.15) is 0 Å². The van der Waals surface area contributed by atoms with Crippen molar-refractivity contribution >= 4 is 23.8 Å². The molecule has 32 heavy (non-hydrogen) atoms. The van der Waals surface area contributed by atoms with E-state index in [4.69, 9.17) is 15.9 Å². The molecular weight excluding hydrogens is 418 g/mol. The van der Waals surface area contributed by atoms with Gasteiger partial charge in [-0.1, -0.05) is 6.07 Å². The van der Waals surface area contributed by atoms with E-state index in [1.165, 1.54) is 0 Å². The normalized spacial score (nSPS) is 20.3. The standard InChI is InChI=1S/C21H31N5O6/c1-26-10-8-14(19(26)13-3-2-9-23-11-13)12-24-17(27)6-4-15(22)20(30)25-16(21(31)32)5-7-18(28)29/h2-3,9,11,14-16,19H,4-8,10,12,22H2,1H3,(H,24,27)(H,25,30)(H,28,29)(H,31,32). The fourth-order valence-electron chi connectivity index (χ4n) is 3.87. The van der Waals surface area contributed by atoms with Crippen LogP contribution in [0.25, 0.3) is 0 Å².